The monoisotopic (exact) mass is 448 g/mol. The van der Waals surface area contributed by atoms with Crippen LogP contribution in [0, 0.1) is 6.92 Å². The molecule has 3 rings (SSSR count). The van der Waals surface area contributed by atoms with Gasteiger partial charge in [-0.3, -0.25) is 4.98 Å². The molecule has 0 spiro atoms. The Balaban J connectivity index is 1.87. The van der Waals surface area contributed by atoms with Crippen LogP contribution >= 0.6 is 0 Å². The van der Waals surface area contributed by atoms with E-state index in [4.69, 9.17) is 9.47 Å². The van der Waals surface area contributed by atoms with Crippen LogP contribution in [0.25, 0.3) is 0 Å². The van der Waals surface area contributed by atoms with Crippen molar-refractivity contribution in [2.45, 2.75) is 39.3 Å². The van der Waals surface area contributed by atoms with Crippen LogP contribution in [-0.4, -0.2) is 34.1 Å². The van der Waals surface area contributed by atoms with Gasteiger partial charge in [0.1, 0.15) is 0 Å². The van der Waals surface area contributed by atoms with Gasteiger partial charge in [-0.25, -0.2) is 9.59 Å². The van der Waals surface area contributed by atoms with E-state index in [1.807, 2.05) is 39.8 Å². The van der Waals surface area contributed by atoms with Gasteiger partial charge in [-0.05, 0) is 69.7 Å². The molecule has 33 heavy (non-hydrogen) atoms. The number of aliphatic hydroxyl groups is 1. The van der Waals surface area contributed by atoms with Gasteiger partial charge in [0, 0.05) is 24.5 Å². The Morgan fingerprint density at radius 2 is 1.64 bits per heavy atom. The normalized spacial score (nSPS) is 12.2. The van der Waals surface area contributed by atoms with E-state index in [0.29, 0.717) is 17.7 Å². The van der Waals surface area contributed by atoms with Gasteiger partial charge in [0.15, 0.2) is 11.5 Å². The number of hydrogen-bond donors (Lipinski definition) is 2. The summed E-state index contributed by atoms with van der Waals surface area (Å²) in [5.41, 5.74) is 1.95. The Bertz CT molecular complexity index is 1110. The van der Waals surface area contributed by atoms with Gasteiger partial charge in [-0.1, -0.05) is 23.8 Å². The lowest BCUT2D eigenvalue weighted by Crippen LogP contribution is -2.38. The second-order valence-electron chi connectivity index (χ2n) is 8.74. The third-order valence-corrected chi connectivity index (χ3v) is 4.77. The minimum absolute atomic E-state index is 0.0247. The van der Waals surface area contributed by atoms with Gasteiger partial charge >= 0.3 is 11.9 Å². The van der Waals surface area contributed by atoms with Gasteiger partial charge in [-0.2, -0.15) is 0 Å². The van der Waals surface area contributed by atoms with Gasteiger partial charge in [0.05, 0.1) is 17.2 Å². The first-order valence-corrected chi connectivity index (χ1v) is 10.6. The number of pyridine rings is 1. The second-order valence-corrected chi connectivity index (χ2v) is 8.74. The first-order valence-electron chi connectivity index (χ1n) is 10.6. The molecule has 0 amide bonds. The van der Waals surface area contributed by atoms with E-state index in [1.165, 1.54) is 18.3 Å². The molecule has 1 heterocycles. The summed E-state index contributed by atoms with van der Waals surface area (Å²) in [5, 5.41) is 13.8. The maximum Gasteiger partial charge on any atom is 0.345 e. The zero-order valence-electron chi connectivity index (χ0n) is 19.2. The molecule has 0 saturated heterocycles. The molecule has 7 heteroatoms. The van der Waals surface area contributed by atoms with Crippen LogP contribution < -0.4 is 14.8 Å². The van der Waals surface area contributed by atoms with Gasteiger partial charge in [0.2, 0.25) is 0 Å². The molecule has 1 aromatic heterocycles. The van der Waals surface area contributed by atoms with Crippen molar-refractivity contribution in [2.75, 3.05) is 6.54 Å². The van der Waals surface area contributed by atoms with Gasteiger partial charge in [-0.15, -0.1) is 0 Å². The van der Waals surface area contributed by atoms with Crippen LogP contribution in [-0.2, 0) is 0 Å². The third kappa shape index (κ3) is 6.97. The van der Waals surface area contributed by atoms with Crippen LogP contribution in [0.3, 0.4) is 0 Å². The first kappa shape index (κ1) is 24.1. The van der Waals surface area contributed by atoms with Crippen molar-refractivity contribution < 1.29 is 24.2 Å². The Labute approximate surface area is 193 Å². The molecule has 0 aliphatic carbocycles. The lowest BCUT2D eigenvalue weighted by molar-refractivity contribution is 0.0681. The maximum atomic E-state index is 12.6. The van der Waals surface area contributed by atoms with Crippen LogP contribution in [0.1, 0.15) is 58.7 Å². The molecule has 0 saturated carbocycles. The standard InChI is InChI=1S/C26H28N2O5/c1-17-7-9-18(10-8-17)24(30)32-22-12-11-19(21(29)16-28-26(2,3)4)14-23(22)33-25(31)20-6-5-13-27-15-20/h5-15,21,28-29H,16H2,1-4H3. The smallest absolute Gasteiger partial charge is 0.345 e. The highest BCUT2D eigenvalue weighted by atomic mass is 16.6. The van der Waals surface area contributed by atoms with E-state index in [2.05, 4.69) is 10.3 Å². The summed E-state index contributed by atoms with van der Waals surface area (Å²) in [6.07, 6.45) is 2.07. The van der Waals surface area contributed by atoms with E-state index in [1.54, 1.807) is 36.5 Å². The van der Waals surface area contributed by atoms with Crippen molar-refractivity contribution in [2.24, 2.45) is 0 Å². The number of hydrogen-bond acceptors (Lipinski definition) is 7. The first-order chi connectivity index (χ1) is 15.6. The summed E-state index contributed by atoms with van der Waals surface area (Å²) < 4.78 is 11.1. The predicted octanol–water partition coefficient (Wildman–Crippen LogP) is 4.25. The summed E-state index contributed by atoms with van der Waals surface area (Å²) in [6.45, 7) is 8.20. The number of benzene rings is 2. The summed E-state index contributed by atoms with van der Waals surface area (Å²) in [6, 6.07) is 14.8. The highest BCUT2D eigenvalue weighted by molar-refractivity contribution is 5.93. The third-order valence-electron chi connectivity index (χ3n) is 4.77. The van der Waals surface area contributed by atoms with E-state index in [-0.39, 0.29) is 22.6 Å². The van der Waals surface area contributed by atoms with E-state index in [9.17, 15) is 14.7 Å². The minimum Gasteiger partial charge on any atom is -0.419 e. The highest BCUT2D eigenvalue weighted by Gasteiger charge is 2.20. The fraction of sp³-hybridized carbons (Fsp3) is 0.269. The van der Waals surface area contributed by atoms with E-state index >= 15 is 0 Å². The molecule has 1 unspecified atom stereocenters. The minimum atomic E-state index is -0.859. The largest absolute Gasteiger partial charge is 0.419 e. The molecule has 0 fully saturated rings. The molecule has 0 bridgehead atoms. The Morgan fingerprint density at radius 3 is 2.27 bits per heavy atom. The lowest BCUT2D eigenvalue weighted by Gasteiger charge is -2.23. The van der Waals surface area contributed by atoms with Crippen molar-refractivity contribution in [1.82, 2.24) is 10.3 Å². The fourth-order valence-corrected chi connectivity index (χ4v) is 2.91. The molecule has 172 valence electrons. The molecule has 2 N–H and O–H groups in total. The quantitative estimate of drug-likeness (QED) is 0.412. The fourth-order valence-electron chi connectivity index (χ4n) is 2.91. The number of rotatable bonds is 7. The van der Waals surface area contributed by atoms with Gasteiger partial charge < -0.3 is 19.9 Å². The molecule has 0 aliphatic heterocycles. The summed E-state index contributed by atoms with van der Waals surface area (Å²) in [7, 11) is 0. The number of esters is 2. The summed E-state index contributed by atoms with van der Waals surface area (Å²) in [5.74, 6) is -1.15. The predicted molar refractivity (Wildman–Crippen MR) is 124 cm³/mol. The van der Waals surface area contributed by atoms with Crippen LogP contribution in [0.15, 0.2) is 67.0 Å². The molecule has 2 aromatic carbocycles. The molecule has 3 aromatic rings. The number of nitrogens with one attached hydrogen (secondary N) is 1. The number of carbonyl (C=O) groups is 2. The second kappa shape index (κ2) is 10.4. The molecule has 7 nitrogen and oxygen atoms in total. The lowest BCUT2D eigenvalue weighted by atomic mass is 10.1. The average molecular weight is 449 g/mol. The summed E-state index contributed by atoms with van der Waals surface area (Å²) in [4.78, 5) is 29.2. The summed E-state index contributed by atoms with van der Waals surface area (Å²) >= 11 is 0. The van der Waals surface area contributed by atoms with E-state index < -0.39 is 18.0 Å². The Kier molecular flexibility index (Phi) is 7.58. The molecule has 0 aliphatic rings. The molecule has 1 atom stereocenters. The van der Waals surface area contributed by atoms with Gasteiger partial charge in [0.25, 0.3) is 0 Å². The number of carbonyl (C=O) groups excluding carboxylic acids is 2. The number of nitrogens with zero attached hydrogens (tertiary/aromatic N) is 1. The van der Waals surface area contributed by atoms with Crippen LogP contribution in [0.4, 0.5) is 0 Å². The topological polar surface area (TPSA) is 97.8 Å². The maximum absolute atomic E-state index is 12.6. The number of aromatic nitrogens is 1. The number of aryl methyl sites for hydroxylation is 1. The molecular weight excluding hydrogens is 420 g/mol. The number of aliphatic hydroxyl groups excluding tert-OH is 1. The number of ether oxygens (including phenoxy) is 2. The highest BCUT2D eigenvalue weighted by Crippen LogP contribution is 2.32. The van der Waals surface area contributed by atoms with Crippen molar-refractivity contribution >= 4 is 11.9 Å². The average Bonchev–Trinajstić information content (AvgIpc) is 2.79. The Morgan fingerprint density at radius 1 is 0.970 bits per heavy atom. The Hall–Kier alpha value is -3.55. The van der Waals surface area contributed by atoms with Crippen molar-refractivity contribution in [3.63, 3.8) is 0 Å². The van der Waals surface area contributed by atoms with Crippen molar-refractivity contribution in [3.8, 4) is 11.5 Å². The zero-order chi connectivity index (χ0) is 24.0. The molecule has 0 radical (unpaired) electrons. The molecular formula is C26H28N2O5. The van der Waals surface area contributed by atoms with E-state index in [0.717, 1.165) is 5.56 Å². The zero-order valence-corrected chi connectivity index (χ0v) is 19.2. The van der Waals surface area contributed by atoms with Crippen molar-refractivity contribution in [3.05, 3.63) is 89.2 Å². The number of β-amino-alcohol motifs (C(OH)–C–C–N with tert-alkyl or cyclic N) is 1. The van der Waals surface area contributed by atoms with Crippen molar-refractivity contribution in [1.29, 1.82) is 0 Å². The van der Waals surface area contributed by atoms with Crippen LogP contribution in [0.2, 0.25) is 0 Å². The van der Waals surface area contributed by atoms with Crippen LogP contribution in [0.5, 0.6) is 11.5 Å². The SMILES string of the molecule is Cc1ccc(C(=O)Oc2ccc(C(O)CNC(C)(C)C)cc2OC(=O)c2cccnc2)cc1.